The number of amides is 1. The predicted octanol–water partition coefficient (Wildman–Crippen LogP) is 1.45. The maximum atomic E-state index is 13.7. The Hall–Kier alpha value is -2.89. The normalized spacial score (nSPS) is 18.2. The van der Waals surface area contributed by atoms with Crippen LogP contribution >= 0.6 is 0 Å². The number of hydrogen-bond acceptors (Lipinski definition) is 5. The van der Waals surface area contributed by atoms with E-state index >= 15 is 0 Å². The van der Waals surface area contributed by atoms with Crippen LogP contribution < -0.4 is 43.6 Å². The third kappa shape index (κ3) is 6.83. The van der Waals surface area contributed by atoms with E-state index in [4.69, 9.17) is 9.57 Å². The number of pyridine rings is 3. The van der Waals surface area contributed by atoms with Crippen LogP contribution in [0.25, 0.3) is 0 Å². The summed E-state index contributed by atoms with van der Waals surface area (Å²) < 4.78 is 33.6. The fraction of sp³-hybridized carbons (Fsp3) is 0.360. The molecule has 10 heteroatoms. The smallest absolute Gasteiger partial charge is 0.256 e. The molecule has 186 valence electrons. The molecular weight excluding hydrogens is 569 g/mol. The van der Waals surface area contributed by atoms with Crippen molar-refractivity contribution in [3.63, 3.8) is 0 Å². The molecule has 3 aromatic rings. The Balaban J connectivity index is 0.00000342. The Morgan fingerprint density at radius 1 is 1.14 bits per heavy atom. The Kier molecular flexibility index (Phi) is 9.30. The SMILES string of the molecule is CO[n+]1ccc([C@@H]2CCC[C@H]([C@H](C)C(=O)Nc3ccc(Oc4ncc(F)cc4F)cn3)C2)cc1.[I-]. The monoisotopic (exact) mass is 596 g/mol. The van der Waals surface area contributed by atoms with E-state index in [0.717, 1.165) is 31.9 Å². The van der Waals surface area contributed by atoms with Gasteiger partial charge in [0.2, 0.25) is 18.3 Å². The van der Waals surface area contributed by atoms with E-state index in [1.807, 2.05) is 19.3 Å². The molecule has 1 N–H and O–H groups in total. The molecule has 1 aliphatic rings. The van der Waals surface area contributed by atoms with Gasteiger partial charge in [0.15, 0.2) is 5.82 Å². The molecule has 0 radical (unpaired) electrons. The van der Waals surface area contributed by atoms with Gasteiger partial charge in [-0.2, -0.15) is 0 Å². The highest BCUT2D eigenvalue weighted by Crippen LogP contribution is 2.39. The maximum absolute atomic E-state index is 13.7. The van der Waals surface area contributed by atoms with Crippen LogP contribution in [0.2, 0.25) is 0 Å². The molecule has 0 unspecified atom stereocenters. The molecule has 1 amide bonds. The summed E-state index contributed by atoms with van der Waals surface area (Å²) in [7, 11) is 1.62. The van der Waals surface area contributed by atoms with Crippen LogP contribution in [0.5, 0.6) is 11.6 Å². The van der Waals surface area contributed by atoms with Crippen LogP contribution in [0.3, 0.4) is 0 Å². The second kappa shape index (κ2) is 12.2. The average Bonchev–Trinajstić information content (AvgIpc) is 2.86. The molecule has 3 aromatic heterocycles. The lowest BCUT2D eigenvalue weighted by molar-refractivity contribution is -0.885. The third-order valence-corrected chi connectivity index (χ3v) is 6.32. The van der Waals surface area contributed by atoms with Gasteiger partial charge in [-0.25, -0.2) is 18.7 Å². The van der Waals surface area contributed by atoms with Gasteiger partial charge in [0, 0.05) is 28.8 Å². The van der Waals surface area contributed by atoms with Gasteiger partial charge >= 0.3 is 0 Å². The van der Waals surface area contributed by atoms with Crippen LogP contribution in [0.15, 0.2) is 55.1 Å². The molecular formula is C25H27F2IN4O3. The fourth-order valence-corrected chi connectivity index (χ4v) is 4.36. The van der Waals surface area contributed by atoms with Crippen LogP contribution in [-0.2, 0) is 4.79 Å². The van der Waals surface area contributed by atoms with E-state index in [2.05, 4.69) is 27.4 Å². The summed E-state index contributed by atoms with van der Waals surface area (Å²) in [5.41, 5.74) is 1.26. The third-order valence-electron chi connectivity index (χ3n) is 6.32. The molecule has 0 aromatic carbocycles. The standard InChI is InChI=1S/C25H26F2N4O3.HI/c1-16(18-4-3-5-19(12-18)17-8-10-31(33-2)11-9-17)24(32)30-23-7-6-21(15-28-23)34-25-22(27)13-20(26)14-29-25;/h6-11,13-16,18-19H,3-5,12H2,1-2H3;1H/t16-,18-,19+;/m0./s1. The topological polar surface area (TPSA) is 77.2 Å². The van der Waals surface area contributed by atoms with Crippen molar-refractivity contribution >= 4 is 11.7 Å². The lowest BCUT2D eigenvalue weighted by atomic mass is 9.73. The molecule has 0 bridgehead atoms. The van der Waals surface area contributed by atoms with Crippen molar-refractivity contribution in [1.29, 1.82) is 0 Å². The van der Waals surface area contributed by atoms with Gasteiger partial charge in [0.05, 0.1) is 12.4 Å². The molecule has 35 heavy (non-hydrogen) atoms. The number of carbonyl (C=O) groups excluding carboxylic acids is 1. The van der Waals surface area contributed by atoms with Crippen molar-refractivity contribution in [2.45, 2.75) is 38.5 Å². The van der Waals surface area contributed by atoms with E-state index in [9.17, 15) is 13.6 Å². The molecule has 3 atom stereocenters. The van der Waals surface area contributed by atoms with Crippen molar-refractivity contribution < 1.29 is 51.9 Å². The van der Waals surface area contributed by atoms with Crippen molar-refractivity contribution in [3.05, 3.63) is 72.3 Å². The zero-order chi connectivity index (χ0) is 24.1. The molecule has 3 heterocycles. The number of carbonyl (C=O) groups is 1. The summed E-state index contributed by atoms with van der Waals surface area (Å²) in [5.74, 6) is -1.05. The number of nitrogens with zero attached hydrogens (tertiary/aromatic N) is 3. The van der Waals surface area contributed by atoms with E-state index in [0.29, 0.717) is 17.8 Å². The first-order valence-electron chi connectivity index (χ1n) is 11.2. The number of ether oxygens (including phenoxy) is 1. The molecule has 0 aliphatic heterocycles. The Labute approximate surface area is 219 Å². The first-order chi connectivity index (χ1) is 16.4. The summed E-state index contributed by atoms with van der Waals surface area (Å²) in [5, 5.41) is 2.85. The number of nitrogens with one attached hydrogen (secondary N) is 1. The Bertz CT molecular complexity index is 1130. The zero-order valence-electron chi connectivity index (χ0n) is 19.5. The van der Waals surface area contributed by atoms with Gasteiger partial charge in [-0.05, 0) is 48.8 Å². The molecule has 4 rings (SSSR count). The lowest BCUT2D eigenvalue weighted by Gasteiger charge is -2.32. The number of rotatable bonds is 7. The van der Waals surface area contributed by atoms with Gasteiger partial charge in [0.1, 0.15) is 24.5 Å². The van der Waals surface area contributed by atoms with Crippen molar-refractivity contribution in [2.24, 2.45) is 11.8 Å². The van der Waals surface area contributed by atoms with Gasteiger partial charge in [-0.3, -0.25) is 9.63 Å². The Morgan fingerprint density at radius 3 is 2.57 bits per heavy atom. The number of anilines is 1. The van der Waals surface area contributed by atoms with Gasteiger partial charge in [-0.1, -0.05) is 13.3 Å². The summed E-state index contributed by atoms with van der Waals surface area (Å²) in [4.78, 5) is 25.8. The minimum absolute atomic E-state index is 0. The summed E-state index contributed by atoms with van der Waals surface area (Å²) >= 11 is 0. The zero-order valence-corrected chi connectivity index (χ0v) is 21.6. The molecule has 1 fully saturated rings. The minimum Gasteiger partial charge on any atom is -1.00 e. The maximum Gasteiger partial charge on any atom is 0.256 e. The quantitative estimate of drug-likeness (QED) is 0.330. The molecule has 0 saturated heterocycles. The predicted molar refractivity (Wildman–Crippen MR) is 120 cm³/mol. The van der Waals surface area contributed by atoms with Crippen molar-refractivity contribution in [2.75, 3.05) is 12.4 Å². The molecule has 7 nitrogen and oxygen atoms in total. The largest absolute Gasteiger partial charge is 1.00 e. The summed E-state index contributed by atoms with van der Waals surface area (Å²) in [6.45, 7) is 1.95. The second-order valence-corrected chi connectivity index (χ2v) is 8.50. The van der Waals surface area contributed by atoms with Gasteiger partial charge < -0.3 is 34.0 Å². The van der Waals surface area contributed by atoms with Gasteiger partial charge in [0.25, 0.3) is 5.88 Å². The summed E-state index contributed by atoms with van der Waals surface area (Å²) in [6.07, 6.45) is 10.1. The van der Waals surface area contributed by atoms with Gasteiger partial charge in [-0.15, -0.1) is 0 Å². The first kappa shape index (κ1) is 26.7. The number of hydrogen-bond donors (Lipinski definition) is 1. The first-order valence-corrected chi connectivity index (χ1v) is 11.2. The van der Waals surface area contributed by atoms with Crippen LogP contribution in [0.1, 0.15) is 44.1 Å². The highest BCUT2D eigenvalue weighted by molar-refractivity contribution is 5.91. The Morgan fingerprint density at radius 2 is 1.91 bits per heavy atom. The van der Waals surface area contributed by atoms with Crippen molar-refractivity contribution in [3.8, 4) is 11.6 Å². The van der Waals surface area contributed by atoms with E-state index in [1.165, 1.54) is 17.8 Å². The average molecular weight is 596 g/mol. The molecule has 1 saturated carbocycles. The van der Waals surface area contributed by atoms with Crippen LogP contribution in [0, 0.1) is 23.5 Å². The van der Waals surface area contributed by atoms with Crippen LogP contribution in [-0.4, -0.2) is 23.0 Å². The highest BCUT2D eigenvalue weighted by atomic mass is 127. The van der Waals surface area contributed by atoms with E-state index < -0.39 is 11.6 Å². The lowest BCUT2D eigenvalue weighted by Crippen LogP contribution is -3.00. The summed E-state index contributed by atoms with van der Waals surface area (Å²) in [6, 6.07) is 7.94. The van der Waals surface area contributed by atoms with Crippen molar-refractivity contribution in [1.82, 2.24) is 9.97 Å². The minimum atomic E-state index is -0.912. The van der Waals surface area contributed by atoms with E-state index in [-0.39, 0.29) is 53.3 Å². The van der Waals surface area contributed by atoms with Crippen LogP contribution in [0.4, 0.5) is 14.6 Å². The fourth-order valence-electron chi connectivity index (χ4n) is 4.36. The molecule has 0 spiro atoms. The van der Waals surface area contributed by atoms with E-state index in [1.54, 1.807) is 17.9 Å². The molecule has 1 aliphatic carbocycles. The second-order valence-electron chi connectivity index (χ2n) is 8.50. The number of aromatic nitrogens is 3. The number of halogens is 3. The highest BCUT2D eigenvalue weighted by Gasteiger charge is 2.31.